The van der Waals surface area contributed by atoms with Crippen molar-refractivity contribution >= 4 is 17.5 Å². The highest BCUT2D eigenvalue weighted by Crippen LogP contribution is 2.27. The highest BCUT2D eigenvalue weighted by atomic mass is 35.5. The Kier molecular flexibility index (Phi) is 5.86. The fraction of sp³-hybridized carbons (Fsp3) is 0.562. The molecule has 1 aliphatic rings. The predicted octanol–water partition coefficient (Wildman–Crippen LogP) is 3.22. The summed E-state index contributed by atoms with van der Waals surface area (Å²) >= 11 is 6.23. The van der Waals surface area contributed by atoms with E-state index in [9.17, 15) is 4.79 Å². The van der Waals surface area contributed by atoms with E-state index in [1.54, 1.807) is 0 Å². The van der Waals surface area contributed by atoms with Gasteiger partial charge in [-0.3, -0.25) is 4.79 Å². The second-order valence-corrected chi connectivity index (χ2v) is 5.81. The average Bonchev–Trinajstić information content (AvgIpc) is 2.97. The first-order valence-corrected chi connectivity index (χ1v) is 7.77. The summed E-state index contributed by atoms with van der Waals surface area (Å²) in [4.78, 5) is 14.5. The average molecular weight is 295 g/mol. The monoisotopic (exact) mass is 294 g/mol. The first-order valence-electron chi connectivity index (χ1n) is 7.40. The first-order chi connectivity index (χ1) is 9.72. The number of rotatable bonds is 6. The molecule has 110 valence electrons. The minimum absolute atomic E-state index is 0.228. The van der Waals surface area contributed by atoms with Gasteiger partial charge in [-0.2, -0.15) is 0 Å². The quantitative estimate of drug-likeness (QED) is 0.874. The molecular formula is C16H23ClN2O. The molecule has 0 aliphatic heterocycles. The van der Waals surface area contributed by atoms with Gasteiger partial charge in [-0.05, 0) is 31.5 Å². The van der Waals surface area contributed by atoms with Crippen molar-refractivity contribution < 1.29 is 4.79 Å². The van der Waals surface area contributed by atoms with E-state index in [1.165, 1.54) is 12.8 Å². The Labute approximate surface area is 126 Å². The Morgan fingerprint density at radius 2 is 2.05 bits per heavy atom. The number of hydrogen-bond acceptors (Lipinski definition) is 2. The summed E-state index contributed by atoms with van der Waals surface area (Å²) in [6.45, 7) is 1.36. The van der Waals surface area contributed by atoms with Gasteiger partial charge in [0.05, 0.1) is 0 Å². The zero-order valence-corrected chi connectivity index (χ0v) is 12.8. The van der Waals surface area contributed by atoms with Gasteiger partial charge < -0.3 is 10.2 Å². The normalized spacial score (nSPS) is 15.5. The Bertz CT molecular complexity index is 444. The Hall–Kier alpha value is -1.06. The first kappa shape index (κ1) is 15.3. The van der Waals surface area contributed by atoms with Crippen molar-refractivity contribution in [2.24, 2.45) is 0 Å². The molecule has 1 fully saturated rings. The van der Waals surface area contributed by atoms with Crippen LogP contribution in [0.4, 0.5) is 0 Å². The van der Waals surface area contributed by atoms with Crippen molar-refractivity contribution in [2.75, 3.05) is 13.6 Å². The Morgan fingerprint density at radius 1 is 1.35 bits per heavy atom. The van der Waals surface area contributed by atoms with Crippen LogP contribution in [-0.4, -0.2) is 30.4 Å². The van der Waals surface area contributed by atoms with E-state index in [0.29, 0.717) is 19.0 Å². The third kappa shape index (κ3) is 3.97. The molecule has 4 heteroatoms. The molecule has 0 heterocycles. The molecule has 0 radical (unpaired) electrons. The van der Waals surface area contributed by atoms with Crippen molar-refractivity contribution in [1.82, 2.24) is 10.2 Å². The SMILES string of the molecule is CNCCC(=O)N(Cc1ccccc1Cl)C1CCCC1. The fourth-order valence-corrected chi connectivity index (χ4v) is 3.02. The van der Waals surface area contributed by atoms with Gasteiger partial charge in [0.1, 0.15) is 0 Å². The van der Waals surface area contributed by atoms with Gasteiger partial charge in [-0.15, -0.1) is 0 Å². The topological polar surface area (TPSA) is 32.3 Å². The smallest absolute Gasteiger partial charge is 0.224 e. The number of halogens is 1. The van der Waals surface area contributed by atoms with Crippen molar-refractivity contribution in [3.05, 3.63) is 34.9 Å². The molecule has 2 rings (SSSR count). The van der Waals surface area contributed by atoms with Crippen LogP contribution < -0.4 is 5.32 Å². The maximum atomic E-state index is 12.4. The summed E-state index contributed by atoms with van der Waals surface area (Å²) < 4.78 is 0. The van der Waals surface area contributed by atoms with Crippen molar-refractivity contribution in [3.8, 4) is 0 Å². The lowest BCUT2D eigenvalue weighted by Gasteiger charge is -2.29. The van der Waals surface area contributed by atoms with Gasteiger partial charge >= 0.3 is 0 Å². The standard InChI is InChI=1S/C16H23ClN2O/c1-18-11-10-16(20)19(14-7-3-4-8-14)12-13-6-2-5-9-15(13)17/h2,5-6,9,14,18H,3-4,7-8,10-12H2,1H3. The largest absolute Gasteiger partial charge is 0.335 e. The summed E-state index contributed by atoms with van der Waals surface area (Å²) in [5.41, 5.74) is 1.04. The molecule has 1 N–H and O–H groups in total. The molecule has 0 bridgehead atoms. The molecule has 0 spiro atoms. The summed E-state index contributed by atoms with van der Waals surface area (Å²) in [5, 5.41) is 3.79. The lowest BCUT2D eigenvalue weighted by Crippen LogP contribution is -2.39. The Morgan fingerprint density at radius 3 is 2.70 bits per heavy atom. The van der Waals surface area contributed by atoms with E-state index in [1.807, 2.05) is 36.2 Å². The molecule has 0 atom stereocenters. The van der Waals surface area contributed by atoms with Gasteiger partial charge in [0.25, 0.3) is 0 Å². The van der Waals surface area contributed by atoms with Gasteiger partial charge in [-0.25, -0.2) is 0 Å². The molecule has 0 aromatic heterocycles. The van der Waals surface area contributed by atoms with Crippen LogP contribution in [0.1, 0.15) is 37.7 Å². The van der Waals surface area contributed by atoms with E-state index in [0.717, 1.165) is 30.0 Å². The van der Waals surface area contributed by atoms with Gasteiger partial charge in [0.2, 0.25) is 5.91 Å². The van der Waals surface area contributed by atoms with Crippen LogP contribution in [0.25, 0.3) is 0 Å². The third-order valence-corrected chi connectivity index (χ3v) is 4.34. The molecule has 3 nitrogen and oxygen atoms in total. The molecular weight excluding hydrogens is 272 g/mol. The summed E-state index contributed by atoms with van der Waals surface area (Å²) in [6.07, 6.45) is 5.24. The molecule has 0 saturated heterocycles. The number of carbonyl (C=O) groups excluding carboxylic acids is 1. The van der Waals surface area contributed by atoms with Crippen LogP contribution >= 0.6 is 11.6 Å². The van der Waals surface area contributed by atoms with Crippen LogP contribution in [0.3, 0.4) is 0 Å². The molecule has 1 aromatic carbocycles. The number of carbonyl (C=O) groups is 1. The zero-order chi connectivity index (χ0) is 14.4. The minimum atomic E-state index is 0.228. The third-order valence-electron chi connectivity index (χ3n) is 3.97. The van der Waals surface area contributed by atoms with Crippen LogP contribution in [0.5, 0.6) is 0 Å². The number of hydrogen-bond donors (Lipinski definition) is 1. The van der Waals surface area contributed by atoms with Gasteiger partial charge in [0.15, 0.2) is 0 Å². The van der Waals surface area contributed by atoms with Crippen LogP contribution in [0, 0.1) is 0 Å². The molecule has 1 saturated carbocycles. The van der Waals surface area contributed by atoms with Crippen LogP contribution in [-0.2, 0) is 11.3 Å². The number of amides is 1. The lowest BCUT2D eigenvalue weighted by atomic mass is 10.1. The van der Waals surface area contributed by atoms with E-state index in [-0.39, 0.29) is 5.91 Å². The maximum Gasteiger partial charge on any atom is 0.224 e. The van der Waals surface area contributed by atoms with E-state index < -0.39 is 0 Å². The minimum Gasteiger partial charge on any atom is -0.335 e. The van der Waals surface area contributed by atoms with E-state index >= 15 is 0 Å². The second kappa shape index (κ2) is 7.65. The lowest BCUT2D eigenvalue weighted by molar-refractivity contribution is -0.134. The van der Waals surface area contributed by atoms with Crippen molar-refractivity contribution in [3.63, 3.8) is 0 Å². The number of benzene rings is 1. The van der Waals surface area contributed by atoms with Crippen LogP contribution in [0.15, 0.2) is 24.3 Å². The molecule has 1 aliphatic carbocycles. The van der Waals surface area contributed by atoms with Gasteiger partial charge in [-0.1, -0.05) is 42.6 Å². The zero-order valence-electron chi connectivity index (χ0n) is 12.1. The fourth-order valence-electron chi connectivity index (χ4n) is 2.82. The predicted molar refractivity (Wildman–Crippen MR) is 82.8 cm³/mol. The van der Waals surface area contributed by atoms with Gasteiger partial charge in [0, 0.05) is 30.6 Å². The maximum absolute atomic E-state index is 12.4. The highest BCUT2D eigenvalue weighted by molar-refractivity contribution is 6.31. The molecule has 1 aromatic rings. The molecule has 1 amide bonds. The summed E-state index contributed by atoms with van der Waals surface area (Å²) in [6, 6.07) is 8.19. The second-order valence-electron chi connectivity index (χ2n) is 5.40. The van der Waals surface area contributed by atoms with E-state index in [4.69, 9.17) is 11.6 Å². The van der Waals surface area contributed by atoms with E-state index in [2.05, 4.69) is 5.32 Å². The molecule has 0 unspecified atom stereocenters. The van der Waals surface area contributed by atoms with Crippen LogP contribution in [0.2, 0.25) is 5.02 Å². The Balaban J connectivity index is 2.09. The highest BCUT2D eigenvalue weighted by Gasteiger charge is 2.26. The number of nitrogens with zero attached hydrogens (tertiary/aromatic N) is 1. The summed E-state index contributed by atoms with van der Waals surface area (Å²) in [5.74, 6) is 0.228. The number of nitrogens with one attached hydrogen (secondary N) is 1. The van der Waals surface area contributed by atoms with Crippen molar-refractivity contribution in [1.29, 1.82) is 0 Å². The van der Waals surface area contributed by atoms with Crippen molar-refractivity contribution in [2.45, 2.75) is 44.7 Å². The molecule has 20 heavy (non-hydrogen) atoms. The summed E-state index contributed by atoms with van der Waals surface area (Å²) in [7, 11) is 1.88.